The summed E-state index contributed by atoms with van der Waals surface area (Å²) in [5, 5.41) is 7.99. The molecule has 1 N–H and O–H groups in total. The van der Waals surface area contributed by atoms with Crippen molar-refractivity contribution in [2.75, 3.05) is 32.5 Å². The first-order chi connectivity index (χ1) is 17.1. The van der Waals surface area contributed by atoms with Gasteiger partial charge >= 0.3 is 0 Å². The molecular weight excluding hydrogens is 484 g/mol. The van der Waals surface area contributed by atoms with Gasteiger partial charge in [0, 0.05) is 28.8 Å². The van der Waals surface area contributed by atoms with Crippen LogP contribution < -0.4 is 10.1 Å². The van der Waals surface area contributed by atoms with Crippen molar-refractivity contribution in [1.82, 2.24) is 20.4 Å². The molecule has 0 unspecified atom stereocenters. The number of aromatic nitrogens is 2. The van der Waals surface area contributed by atoms with E-state index in [-0.39, 0.29) is 11.8 Å². The minimum absolute atomic E-state index is 0.0721. The van der Waals surface area contributed by atoms with Crippen molar-refractivity contribution >= 4 is 29.3 Å². The van der Waals surface area contributed by atoms with Gasteiger partial charge in [-0.3, -0.25) is 9.69 Å². The number of piperidine rings is 1. The van der Waals surface area contributed by atoms with Gasteiger partial charge < -0.3 is 14.6 Å². The summed E-state index contributed by atoms with van der Waals surface area (Å²) in [6.07, 6.45) is 2.65. The van der Waals surface area contributed by atoms with Crippen LogP contribution in [0.2, 0.25) is 5.02 Å². The number of likely N-dealkylation sites (tertiary alicyclic amines) is 1. The Bertz CT molecular complexity index is 1080. The van der Waals surface area contributed by atoms with Crippen molar-refractivity contribution < 1.29 is 14.1 Å². The van der Waals surface area contributed by atoms with Gasteiger partial charge in [0.05, 0.1) is 13.7 Å². The van der Waals surface area contributed by atoms with Gasteiger partial charge in [0.2, 0.25) is 17.6 Å². The Morgan fingerprint density at radius 1 is 1.23 bits per heavy atom. The summed E-state index contributed by atoms with van der Waals surface area (Å²) in [6.45, 7) is 3.00. The Labute approximate surface area is 215 Å². The highest BCUT2D eigenvalue weighted by atomic mass is 35.5. The number of hydrogen-bond acceptors (Lipinski definition) is 7. The van der Waals surface area contributed by atoms with Crippen molar-refractivity contribution in [1.29, 1.82) is 0 Å². The monoisotopic (exact) mass is 514 g/mol. The average molecular weight is 515 g/mol. The van der Waals surface area contributed by atoms with E-state index in [0.29, 0.717) is 18.3 Å². The van der Waals surface area contributed by atoms with Crippen LogP contribution in [0.3, 0.4) is 0 Å². The number of nitrogens with one attached hydrogen (secondary N) is 1. The average Bonchev–Trinajstić information content (AvgIpc) is 3.35. The van der Waals surface area contributed by atoms with Crippen LogP contribution in [0.1, 0.15) is 30.7 Å². The van der Waals surface area contributed by atoms with E-state index in [4.69, 9.17) is 20.9 Å². The summed E-state index contributed by atoms with van der Waals surface area (Å²) in [5.74, 6) is 4.14. The summed E-state index contributed by atoms with van der Waals surface area (Å²) in [4.78, 5) is 19.3. The van der Waals surface area contributed by atoms with Crippen LogP contribution in [0, 0.1) is 5.92 Å². The third kappa shape index (κ3) is 7.72. The second-order valence-corrected chi connectivity index (χ2v) is 10.2. The molecule has 7 nitrogen and oxygen atoms in total. The molecule has 1 saturated heterocycles. The Morgan fingerprint density at radius 3 is 2.77 bits per heavy atom. The van der Waals surface area contributed by atoms with Crippen molar-refractivity contribution in [3.8, 4) is 17.1 Å². The number of rotatable bonds is 11. The third-order valence-electron chi connectivity index (χ3n) is 6.06. The van der Waals surface area contributed by atoms with Gasteiger partial charge in [0.15, 0.2) is 0 Å². The first-order valence-electron chi connectivity index (χ1n) is 11.9. The quantitative estimate of drug-likeness (QED) is 0.358. The van der Waals surface area contributed by atoms with Crippen LogP contribution in [0.5, 0.6) is 5.75 Å². The minimum atomic E-state index is 0.0721. The highest BCUT2D eigenvalue weighted by molar-refractivity contribution is 7.98. The first kappa shape index (κ1) is 25.5. The molecule has 1 aliphatic rings. The lowest BCUT2D eigenvalue weighted by molar-refractivity contribution is -0.126. The van der Waals surface area contributed by atoms with Crippen molar-refractivity contribution in [2.45, 2.75) is 31.6 Å². The maximum Gasteiger partial charge on any atom is 0.241 e. The third-order valence-corrected chi connectivity index (χ3v) is 7.41. The zero-order valence-corrected chi connectivity index (χ0v) is 21.5. The molecule has 0 aliphatic carbocycles. The first-order valence-corrected chi connectivity index (χ1v) is 13.4. The van der Waals surface area contributed by atoms with Gasteiger partial charge in [-0.25, -0.2) is 0 Å². The van der Waals surface area contributed by atoms with Gasteiger partial charge in [0.1, 0.15) is 5.75 Å². The largest absolute Gasteiger partial charge is 0.497 e. The van der Waals surface area contributed by atoms with Crippen LogP contribution in [0.25, 0.3) is 11.4 Å². The molecule has 9 heteroatoms. The molecule has 0 saturated carbocycles. The molecule has 0 radical (unpaired) electrons. The topological polar surface area (TPSA) is 80.5 Å². The number of carbonyl (C=O) groups excluding carboxylic acids is 1. The molecular formula is C26H31ClN4O3S. The molecule has 0 bridgehead atoms. The molecule has 35 heavy (non-hydrogen) atoms. The fraction of sp³-hybridized carbons (Fsp3) is 0.423. The van der Waals surface area contributed by atoms with Crippen LogP contribution in [0.4, 0.5) is 0 Å². The summed E-state index contributed by atoms with van der Waals surface area (Å²) in [5.41, 5.74) is 2.12. The predicted octanol–water partition coefficient (Wildman–Crippen LogP) is 5.05. The second kappa shape index (κ2) is 13.0. The van der Waals surface area contributed by atoms with Crippen molar-refractivity contribution in [2.24, 2.45) is 5.92 Å². The molecule has 2 heterocycles. The van der Waals surface area contributed by atoms with Gasteiger partial charge in [-0.05, 0) is 80.1 Å². The van der Waals surface area contributed by atoms with E-state index in [1.54, 1.807) is 7.11 Å². The lowest BCUT2D eigenvalue weighted by Crippen LogP contribution is -2.40. The van der Waals surface area contributed by atoms with Crippen LogP contribution in [-0.4, -0.2) is 53.4 Å². The molecule has 1 aromatic heterocycles. The Morgan fingerprint density at radius 2 is 2.03 bits per heavy atom. The number of hydrogen-bond donors (Lipinski definition) is 1. The van der Waals surface area contributed by atoms with Gasteiger partial charge in [-0.2, -0.15) is 16.7 Å². The minimum Gasteiger partial charge on any atom is -0.497 e. The number of halogens is 1. The van der Waals surface area contributed by atoms with E-state index >= 15 is 0 Å². The maximum atomic E-state index is 12.6. The van der Waals surface area contributed by atoms with Crippen molar-refractivity contribution in [3.05, 3.63) is 65.0 Å². The number of benzene rings is 2. The van der Waals surface area contributed by atoms with Crippen LogP contribution in [-0.2, 0) is 17.1 Å². The zero-order valence-electron chi connectivity index (χ0n) is 19.9. The van der Waals surface area contributed by atoms with E-state index < -0.39 is 0 Å². The number of methoxy groups -OCH3 is 1. The fourth-order valence-electron chi connectivity index (χ4n) is 4.07. The molecule has 4 rings (SSSR count). The van der Waals surface area contributed by atoms with Gasteiger partial charge in [0.25, 0.3) is 0 Å². The predicted molar refractivity (Wildman–Crippen MR) is 140 cm³/mol. The molecule has 0 spiro atoms. The lowest BCUT2D eigenvalue weighted by Gasteiger charge is -2.30. The van der Waals surface area contributed by atoms with E-state index in [1.165, 1.54) is 5.56 Å². The Kier molecular flexibility index (Phi) is 9.45. The summed E-state index contributed by atoms with van der Waals surface area (Å²) in [7, 11) is 1.64. The Balaban J connectivity index is 1.11. The highest BCUT2D eigenvalue weighted by Crippen LogP contribution is 2.22. The Hall–Kier alpha value is -2.55. The molecule has 1 aliphatic heterocycles. The number of nitrogens with zero attached hydrogens (tertiary/aromatic N) is 3. The number of thioether (sulfide) groups is 1. The second-order valence-electron chi connectivity index (χ2n) is 8.62. The van der Waals surface area contributed by atoms with E-state index in [0.717, 1.165) is 66.7 Å². The summed E-state index contributed by atoms with van der Waals surface area (Å²) >= 11 is 7.89. The molecule has 1 fully saturated rings. The summed E-state index contributed by atoms with van der Waals surface area (Å²) in [6, 6.07) is 15.5. The van der Waals surface area contributed by atoms with E-state index in [2.05, 4.69) is 26.4 Å². The number of carbonyl (C=O) groups is 1. The number of amides is 1. The van der Waals surface area contributed by atoms with E-state index in [1.807, 2.05) is 54.2 Å². The molecule has 0 atom stereocenters. The summed E-state index contributed by atoms with van der Waals surface area (Å²) < 4.78 is 10.6. The normalized spacial score (nSPS) is 14.7. The number of ether oxygens (including phenoxy) is 1. The smallest absolute Gasteiger partial charge is 0.241 e. The lowest BCUT2D eigenvalue weighted by atomic mass is 9.96. The standard InChI is InChI=1S/C26H31ClN4O3S/c1-33-23-8-6-20(7-9-23)25-29-24(34-30-25)17-31-13-10-21(11-14-31)26(32)28-12-3-15-35-18-19-4-2-5-22(27)16-19/h2,4-9,16,21H,3,10-15,17-18H2,1H3,(H,28,32). The molecule has 186 valence electrons. The fourth-order valence-corrected chi connectivity index (χ4v) is 5.19. The molecule has 3 aromatic rings. The van der Waals surface area contributed by atoms with Gasteiger partial charge in [-0.1, -0.05) is 28.9 Å². The van der Waals surface area contributed by atoms with Gasteiger partial charge in [-0.15, -0.1) is 0 Å². The molecule has 2 aromatic carbocycles. The van der Waals surface area contributed by atoms with Crippen molar-refractivity contribution in [3.63, 3.8) is 0 Å². The van der Waals surface area contributed by atoms with E-state index in [9.17, 15) is 4.79 Å². The van der Waals surface area contributed by atoms with Crippen LogP contribution >= 0.6 is 23.4 Å². The van der Waals surface area contributed by atoms with Crippen LogP contribution in [0.15, 0.2) is 53.1 Å². The zero-order chi connectivity index (χ0) is 24.5. The maximum absolute atomic E-state index is 12.6. The SMILES string of the molecule is COc1ccc(-c2noc(CN3CCC(C(=O)NCCCSCc4cccc(Cl)c4)CC3)n2)cc1. The highest BCUT2D eigenvalue weighted by Gasteiger charge is 2.25. The molecule has 1 amide bonds.